The van der Waals surface area contributed by atoms with Crippen molar-refractivity contribution in [2.24, 2.45) is 23.2 Å². The van der Waals surface area contributed by atoms with Crippen molar-refractivity contribution in [2.75, 3.05) is 5.43 Å². The van der Waals surface area contributed by atoms with Gasteiger partial charge in [-0.1, -0.05) is 0 Å². The van der Waals surface area contributed by atoms with Gasteiger partial charge in [0.25, 0.3) is 0 Å². The minimum atomic E-state index is -0.679. The van der Waals surface area contributed by atoms with E-state index in [2.05, 4.69) is 27.9 Å². The lowest BCUT2D eigenvalue weighted by atomic mass is 9.48. The predicted octanol–water partition coefficient (Wildman–Crippen LogP) is 1.07. The van der Waals surface area contributed by atoms with Crippen LogP contribution in [0.5, 0.6) is 0 Å². The van der Waals surface area contributed by atoms with Crippen LogP contribution in [0.4, 0.5) is 0 Å². The van der Waals surface area contributed by atoms with Crippen LogP contribution in [0.25, 0.3) is 0 Å². The molecule has 1 heterocycles. The number of nitrogens with one attached hydrogen (secondary N) is 2. The molecule has 4 fully saturated rings. The van der Waals surface area contributed by atoms with E-state index in [1.165, 1.54) is 55.9 Å². The summed E-state index contributed by atoms with van der Waals surface area (Å²) in [6.07, 6.45) is 10.4. The quantitative estimate of drug-likeness (QED) is 0.816. The second kappa shape index (κ2) is 5.32. The van der Waals surface area contributed by atoms with Crippen LogP contribution in [0.3, 0.4) is 0 Å². The normalized spacial score (nSPS) is 35.8. The molecule has 0 spiro atoms. The van der Waals surface area contributed by atoms with E-state index in [9.17, 15) is 9.59 Å². The number of rotatable bonds is 3. The van der Waals surface area contributed by atoms with Gasteiger partial charge < -0.3 is 5.32 Å². The van der Waals surface area contributed by atoms with Gasteiger partial charge in [0, 0.05) is 6.04 Å². The van der Waals surface area contributed by atoms with Crippen LogP contribution in [0, 0.1) is 23.2 Å². The molecule has 0 aromatic carbocycles. The van der Waals surface area contributed by atoms with Crippen LogP contribution in [0.15, 0.2) is 12.7 Å². The molecule has 4 saturated carbocycles. The summed E-state index contributed by atoms with van der Waals surface area (Å²) in [4.78, 5) is 24.2. The molecule has 124 valence electrons. The van der Waals surface area contributed by atoms with Crippen LogP contribution >= 0.6 is 0 Å². The molecule has 0 aliphatic heterocycles. The second-order valence-electron chi connectivity index (χ2n) is 7.79. The first-order valence-corrected chi connectivity index (χ1v) is 8.50. The van der Waals surface area contributed by atoms with Crippen LogP contribution < -0.4 is 10.7 Å². The van der Waals surface area contributed by atoms with Crippen molar-refractivity contribution in [3.63, 3.8) is 0 Å². The van der Waals surface area contributed by atoms with E-state index < -0.39 is 11.8 Å². The van der Waals surface area contributed by atoms with Gasteiger partial charge in [0.05, 0.1) is 0 Å². The Morgan fingerprint density at radius 1 is 1.04 bits per heavy atom. The standard InChI is InChI=1S/C16H23N5O2/c1-10(19-14(22)15(23)20-21-8-17-18-9-21)16-5-11-2-12(6-16)4-13(3-11)7-16/h8-13H,2-7H2,1H3,(H,19,22)(H,20,23). The Balaban J connectivity index is 1.40. The van der Waals surface area contributed by atoms with E-state index >= 15 is 0 Å². The minimum absolute atomic E-state index is 0.0371. The summed E-state index contributed by atoms with van der Waals surface area (Å²) < 4.78 is 1.28. The van der Waals surface area contributed by atoms with Crippen LogP contribution in [0.2, 0.25) is 0 Å². The highest BCUT2D eigenvalue weighted by Gasteiger charge is 2.53. The smallest absolute Gasteiger partial charge is 0.328 e. The lowest BCUT2D eigenvalue weighted by molar-refractivity contribution is -0.139. The fraction of sp³-hybridized carbons (Fsp3) is 0.750. The third-order valence-corrected chi connectivity index (χ3v) is 6.21. The zero-order valence-corrected chi connectivity index (χ0v) is 13.4. The zero-order valence-electron chi connectivity index (χ0n) is 13.4. The first-order chi connectivity index (χ1) is 11.0. The van der Waals surface area contributed by atoms with Crippen molar-refractivity contribution in [1.82, 2.24) is 20.2 Å². The summed E-state index contributed by atoms with van der Waals surface area (Å²) >= 11 is 0. The van der Waals surface area contributed by atoms with E-state index in [1.807, 2.05) is 0 Å². The Morgan fingerprint density at radius 3 is 2.09 bits per heavy atom. The molecular weight excluding hydrogens is 294 g/mol. The summed E-state index contributed by atoms with van der Waals surface area (Å²) in [6, 6.07) is 0.0371. The molecule has 1 unspecified atom stereocenters. The van der Waals surface area contributed by atoms with Crippen molar-refractivity contribution in [3.05, 3.63) is 12.7 Å². The van der Waals surface area contributed by atoms with Gasteiger partial charge in [-0.05, 0) is 68.6 Å². The Morgan fingerprint density at radius 2 is 1.57 bits per heavy atom. The van der Waals surface area contributed by atoms with Crippen LogP contribution in [-0.2, 0) is 9.59 Å². The maximum absolute atomic E-state index is 12.2. The second-order valence-corrected chi connectivity index (χ2v) is 7.79. The van der Waals surface area contributed by atoms with Gasteiger partial charge in [0.15, 0.2) is 0 Å². The van der Waals surface area contributed by atoms with Gasteiger partial charge in [-0.3, -0.25) is 15.0 Å². The van der Waals surface area contributed by atoms with Crippen LogP contribution in [-0.4, -0.2) is 32.7 Å². The summed E-state index contributed by atoms with van der Waals surface area (Å²) in [5.41, 5.74) is 2.64. The average Bonchev–Trinajstić information content (AvgIpc) is 2.98. The highest BCUT2D eigenvalue weighted by molar-refractivity contribution is 6.38. The third kappa shape index (κ3) is 2.62. The lowest BCUT2D eigenvalue weighted by Crippen LogP contribution is -2.57. The molecule has 2 N–H and O–H groups in total. The lowest BCUT2D eigenvalue weighted by Gasteiger charge is -2.59. The molecular formula is C16H23N5O2. The fourth-order valence-corrected chi connectivity index (χ4v) is 5.55. The number of hydrogen-bond acceptors (Lipinski definition) is 4. The first kappa shape index (κ1) is 14.7. The van der Waals surface area contributed by atoms with Crippen molar-refractivity contribution >= 4 is 11.8 Å². The van der Waals surface area contributed by atoms with Gasteiger partial charge in [-0.25, -0.2) is 4.68 Å². The average molecular weight is 317 g/mol. The Bertz CT molecular complexity index is 577. The molecule has 1 aromatic rings. The van der Waals surface area contributed by atoms with Crippen molar-refractivity contribution in [3.8, 4) is 0 Å². The van der Waals surface area contributed by atoms with Gasteiger partial charge >= 0.3 is 11.8 Å². The van der Waals surface area contributed by atoms with Gasteiger partial charge in [-0.15, -0.1) is 10.2 Å². The minimum Gasteiger partial charge on any atom is -0.345 e. The van der Waals surface area contributed by atoms with Gasteiger partial charge in [0.1, 0.15) is 12.7 Å². The highest BCUT2D eigenvalue weighted by atomic mass is 16.2. The Hall–Kier alpha value is -1.92. The molecule has 4 aliphatic rings. The number of nitrogens with zero attached hydrogens (tertiary/aromatic N) is 3. The van der Waals surface area contributed by atoms with E-state index in [4.69, 9.17) is 0 Å². The Kier molecular flexibility index (Phi) is 3.39. The van der Waals surface area contributed by atoms with E-state index in [1.54, 1.807) is 0 Å². The molecule has 7 nitrogen and oxygen atoms in total. The van der Waals surface area contributed by atoms with Gasteiger partial charge in [0.2, 0.25) is 0 Å². The molecule has 2 amide bonds. The number of amides is 2. The van der Waals surface area contributed by atoms with E-state index in [-0.39, 0.29) is 11.5 Å². The largest absolute Gasteiger partial charge is 0.345 e. The van der Waals surface area contributed by atoms with Gasteiger partial charge in [-0.2, -0.15) is 0 Å². The molecule has 4 bridgehead atoms. The number of aromatic nitrogens is 3. The maximum atomic E-state index is 12.2. The molecule has 4 aliphatic carbocycles. The summed E-state index contributed by atoms with van der Waals surface area (Å²) in [7, 11) is 0. The molecule has 5 rings (SSSR count). The molecule has 1 aromatic heterocycles. The van der Waals surface area contributed by atoms with E-state index in [0.29, 0.717) is 0 Å². The Labute approximate surface area is 135 Å². The predicted molar refractivity (Wildman–Crippen MR) is 82.6 cm³/mol. The number of carbonyl (C=O) groups is 2. The van der Waals surface area contributed by atoms with E-state index in [0.717, 1.165) is 17.8 Å². The molecule has 23 heavy (non-hydrogen) atoms. The monoisotopic (exact) mass is 317 g/mol. The van der Waals surface area contributed by atoms with Crippen molar-refractivity contribution in [2.45, 2.75) is 51.5 Å². The summed E-state index contributed by atoms with van der Waals surface area (Å²) in [5.74, 6) is 1.22. The molecule has 0 radical (unpaired) electrons. The number of hydrogen-bond donors (Lipinski definition) is 2. The summed E-state index contributed by atoms with van der Waals surface area (Å²) in [6.45, 7) is 2.07. The van der Waals surface area contributed by atoms with Crippen molar-refractivity contribution in [1.29, 1.82) is 0 Å². The summed E-state index contributed by atoms with van der Waals surface area (Å²) in [5, 5.41) is 10.1. The van der Waals surface area contributed by atoms with Crippen LogP contribution in [0.1, 0.15) is 45.4 Å². The zero-order chi connectivity index (χ0) is 16.0. The molecule has 0 saturated heterocycles. The first-order valence-electron chi connectivity index (χ1n) is 8.50. The third-order valence-electron chi connectivity index (χ3n) is 6.21. The number of carbonyl (C=O) groups excluding carboxylic acids is 2. The highest BCUT2D eigenvalue weighted by Crippen LogP contribution is 2.61. The topological polar surface area (TPSA) is 88.9 Å². The molecule has 7 heteroatoms. The van der Waals surface area contributed by atoms with Crippen molar-refractivity contribution < 1.29 is 9.59 Å². The SMILES string of the molecule is CC(NC(=O)C(=O)Nn1cnnc1)C12CC3CC(CC(C3)C1)C2. The maximum Gasteiger partial charge on any atom is 0.328 e. The molecule has 1 atom stereocenters. The fourth-order valence-electron chi connectivity index (χ4n) is 5.55.